The molecule has 0 saturated carbocycles. The second-order valence-corrected chi connectivity index (χ2v) is 5.53. The fraction of sp³-hybridized carbons (Fsp3) is 0.533. The molecule has 9 nitrogen and oxygen atoms in total. The Labute approximate surface area is 140 Å². The first-order valence-corrected chi connectivity index (χ1v) is 7.79. The summed E-state index contributed by atoms with van der Waals surface area (Å²) < 4.78 is 10.3. The Hall–Kier alpha value is -2.71. The van der Waals surface area contributed by atoms with Crippen molar-refractivity contribution in [3.63, 3.8) is 0 Å². The van der Waals surface area contributed by atoms with Gasteiger partial charge in [0, 0.05) is 32.4 Å². The second-order valence-electron chi connectivity index (χ2n) is 5.53. The van der Waals surface area contributed by atoms with Crippen LogP contribution in [0.5, 0.6) is 12.0 Å². The third kappa shape index (κ3) is 3.44. The summed E-state index contributed by atoms with van der Waals surface area (Å²) in [6.07, 6.45) is 5.43. The Morgan fingerprint density at radius 3 is 2.54 bits per heavy atom. The molecule has 3 heterocycles. The highest BCUT2D eigenvalue weighted by Crippen LogP contribution is 2.23. The lowest BCUT2D eigenvalue weighted by molar-refractivity contribution is 0.338. The molecule has 1 aliphatic heterocycles. The van der Waals surface area contributed by atoms with Crippen LogP contribution in [0.3, 0.4) is 0 Å². The molecule has 0 radical (unpaired) electrons. The monoisotopic (exact) mass is 331 g/mol. The molecule has 2 aromatic rings. The van der Waals surface area contributed by atoms with Crippen LogP contribution in [0.4, 0.5) is 11.8 Å². The van der Waals surface area contributed by atoms with Gasteiger partial charge in [-0.05, 0) is 18.9 Å². The minimum absolute atomic E-state index is 0.253. The highest BCUT2D eigenvalue weighted by molar-refractivity contribution is 5.40. The quantitative estimate of drug-likeness (QED) is 0.788. The summed E-state index contributed by atoms with van der Waals surface area (Å²) in [5.41, 5.74) is 0. The van der Waals surface area contributed by atoms with Gasteiger partial charge in [0.15, 0.2) is 0 Å². The van der Waals surface area contributed by atoms with Crippen molar-refractivity contribution in [2.45, 2.75) is 18.9 Å². The third-order valence-corrected chi connectivity index (χ3v) is 4.10. The molecule has 24 heavy (non-hydrogen) atoms. The van der Waals surface area contributed by atoms with E-state index in [0.29, 0.717) is 12.0 Å². The zero-order valence-electron chi connectivity index (χ0n) is 14.1. The first kappa shape index (κ1) is 16.2. The maximum absolute atomic E-state index is 5.14. The molecule has 1 saturated heterocycles. The van der Waals surface area contributed by atoms with E-state index < -0.39 is 0 Å². The van der Waals surface area contributed by atoms with Gasteiger partial charge in [0.25, 0.3) is 0 Å². The lowest BCUT2D eigenvalue weighted by Gasteiger charge is -2.38. The normalized spacial score (nSPS) is 17.5. The predicted molar refractivity (Wildman–Crippen MR) is 88.6 cm³/mol. The smallest absolute Gasteiger partial charge is 0.324 e. The van der Waals surface area contributed by atoms with E-state index in [0.717, 1.165) is 31.7 Å². The van der Waals surface area contributed by atoms with E-state index in [1.165, 1.54) is 14.2 Å². The maximum Gasteiger partial charge on any atom is 0.324 e. The molecule has 128 valence electrons. The number of rotatable bonds is 5. The van der Waals surface area contributed by atoms with E-state index >= 15 is 0 Å². The van der Waals surface area contributed by atoms with Crippen molar-refractivity contribution >= 4 is 11.8 Å². The van der Waals surface area contributed by atoms with Crippen LogP contribution in [0.25, 0.3) is 0 Å². The van der Waals surface area contributed by atoms with Gasteiger partial charge in [-0.1, -0.05) is 0 Å². The van der Waals surface area contributed by atoms with E-state index in [1.54, 1.807) is 12.5 Å². The highest BCUT2D eigenvalue weighted by atomic mass is 16.5. The first-order valence-electron chi connectivity index (χ1n) is 7.79. The van der Waals surface area contributed by atoms with Gasteiger partial charge in [-0.3, -0.25) is 0 Å². The molecular formula is C15H21N7O2. The summed E-state index contributed by atoms with van der Waals surface area (Å²) >= 11 is 0. The summed E-state index contributed by atoms with van der Waals surface area (Å²) in [6.45, 7) is 1.67. The maximum atomic E-state index is 5.14. The molecule has 1 fully saturated rings. The summed E-state index contributed by atoms with van der Waals surface area (Å²) in [5, 5.41) is 0. The van der Waals surface area contributed by atoms with Crippen LogP contribution in [0, 0.1) is 0 Å². The molecule has 0 spiro atoms. The first-order chi connectivity index (χ1) is 11.7. The average Bonchev–Trinajstić information content (AvgIpc) is 2.67. The van der Waals surface area contributed by atoms with Crippen molar-refractivity contribution in [2.75, 3.05) is 44.2 Å². The molecule has 2 aromatic heterocycles. The van der Waals surface area contributed by atoms with E-state index in [-0.39, 0.29) is 12.0 Å². The Balaban J connectivity index is 1.78. The fourth-order valence-electron chi connectivity index (χ4n) is 2.78. The van der Waals surface area contributed by atoms with Crippen molar-refractivity contribution in [3.05, 3.63) is 18.6 Å². The molecule has 0 aliphatic carbocycles. The van der Waals surface area contributed by atoms with Crippen molar-refractivity contribution in [1.29, 1.82) is 0 Å². The van der Waals surface area contributed by atoms with Gasteiger partial charge >= 0.3 is 12.0 Å². The Bertz CT molecular complexity index is 648. The zero-order chi connectivity index (χ0) is 16.9. The minimum atomic E-state index is 0.253. The molecule has 0 aromatic carbocycles. The average molecular weight is 331 g/mol. The summed E-state index contributed by atoms with van der Waals surface area (Å²) in [4.78, 5) is 25.3. The Morgan fingerprint density at radius 1 is 1.17 bits per heavy atom. The van der Waals surface area contributed by atoms with Gasteiger partial charge in [-0.2, -0.15) is 9.97 Å². The van der Waals surface area contributed by atoms with Crippen molar-refractivity contribution in [3.8, 4) is 12.0 Å². The molecule has 1 atom stereocenters. The lowest BCUT2D eigenvalue weighted by Crippen LogP contribution is -2.47. The van der Waals surface area contributed by atoms with Crippen LogP contribution in [0.1, 0.15) is 12.8 Å². The SMILES string of the molecule is COc1nc(OC)nc(N2CCCC(N(C)c3ccncn3)C2)n1. The number of aromatic nitrogens is 5. The Kier molecular flexibility index (Phi) is 4.88. The number of likely N-dealkylation sites (N-methyl/N-ethyl adjacent to an activating group) is 1. The summed E-state index contributed by atoms with van der Waals surface area (Å²) in [6, 6.07) is 2.72. The molecule has 1 aliphatic rings. The largest absolute Gasteiger partial charge is 0.467 e. The fourth-order valence-corrected chi connectivity index (χ4v) is 2.78. The number of hydrogen-bond donors (Lipinski definition) is 0. The van der Waals surface area contributed by atoms with Crippen molar-refractivity contribution < 1.29 is 9.47 Å². The zero-order valence-corrected chi connectivity index (χ0v) is 14.1. The Morgan fingerprint density at radius 2 is 1.92 bits per heavy atom. The molecule has 9 heteroatoms. The standard InChI is InChI=1S/C15H21N7O2/c1-21(12-6-7-16-10-17-12)11-5-4-8-22(9-11)13-18-14(23-2)20-15(19-13)24-3/h6-7,10-11H,4-5,8-9H2,1-3H3. The number of nitrogens with zero attached hydrogens (tertiary/aromatic N) is 7. The van der Waals surface area contributed by atoms with E-state index in [1.807, 2.05) is 13.1 Å². The van der Waals surface area contributed by atoms with Crippen LogP contribution in [0.15, 0.2) is 18.6 Å². The second kappa shape index (κ2) is 7.24. The minimum Gasteiger partial charge on any atom is -0.467 e. The number of hydrogen-bond acceptors (Lipinski definition) is 9. The molecule has 0 bridgehead atoms. The van der Waals surface area contributed by atoms with E-state index in [2.05, 4.69) is 34.7 Å². The van der Waals surface area contributed by atoms with Crippen molar-refractivity contribution in [2.24, 2.45) is 0 Å². The number of methoxy groups -OCH3 is 2. The molecule has 0 amide bonds. The molecule has 3 rings (SSSR count). The van der Waals surface area contributed by atoms with Crippen LogP contribution < -0.4 is 19.3 Å². The topological polar surface area (TPSA) is 89.4 Å². The van der Waals surface area contributed by atoms with Gasteiger partial charge in [-0.25, -0.2) is 9.97 Å². The van der Waals surface area contributed by atoms with Crippen LogP contribution in [0.2, 0.25) is 0 Å². The molecular weight excluding hydrogens is 310 g/mol. The van der Waals surface area contributed by atoms with Gasteiger partial charge < -0.3 is 19.3 Å². The van der Waals surface area contributed by atoms with Crippen molar-refractivity contribution in [1.82, 2.24) is 24.9 Å². The van der Waals surface area contributed by atoms with Gasteiger partial charge in [0.2, 0.25) is 5.95 Å². The summed E-state index contributed by atoms with van der Waals surface area (Å²) in [5.74, 6) is 1.47. The van der Waals surface area contributed by atoms with Crippen LogP contribution in [-0.4, -0.2) is 65.3 Å². The number of ether oxygens (including phenoxy) is 2. The van der Waals surface area contributed by atoms with Crippen LogP contribution >= 0.6 is 0 Å². The number of piperidine rings is 1. The predicted octanol–water partition coefficient (Wildman–Crippen LogP) is 0.784. The third-order valence-electron chi connectivity index (χ3n) is 4.10. The van der Waals surface area contributed by atoms with E-state index in [4.69, 9.17) is 9.47 Å². The van der Waals surface area contributed by atoms with Gasteiger partial charge in [0.1, 0.15) is 12.1 Å². The van der Waals surface area contributed by atoms with Gasteiger partial charge in [-0.15, -0.1) is 4.98 Å². The van der Waals surface area contributed by atoms with Gasteiger partial charge in [0.05, 0.1) is 14.2 Å². The van der Waals surface area contributed by atoms with E-state index in [9.17, 15) is 0 Å². The molecule has 1 unspecified atom stereocenters. The number of anilines is 2. The highest BCUT2D eigenvalue weighted by Gasteiger charge is 2.26. The lowest BCUT2D eigenvalue weighted by atomic mass is 10.0. The summed E-state index contributed by atoms with van der Waals surface area (Å²) in [7, 11) is 5.10. The van der Waals surface area contributed by atoms with Crippen LogP contribution in [-0.2, 0) is 0 Å². The molecule has 0 N–H and O–H groups in total.